The first-order valence-corrected chi connectivity index (χ1v) is 12.6. The lowest BCUT2D eigenvalue weighted by atomic mass is 9.46. The highest BCUT2D eigenvalue weighted by Crippen LogP contribution is 2.61. The van der Waals surface area contributed by atoms with E-state index in [1.807, 2.05) is 4.90 Å². The lowest BCUT2D eigenvalue weighted by Crippen LogP contribution is -2.51. The maximum Gasteiger partial charge on any atom is 0.143 e. The summed E-state index contributed by atoms with van der Waals surface area (Å²) in [5.41, 5.74) is 0.843. The smallest absolute Gasteiger partial charge is 0.143 e. The van der Waals surface area contributed by atoms with Crippen LogP contribution < -0.4 is 0 Å². The summed E-state index contributed by atoms with van der Waals surface area (Å²) in [7, 11) is 1.43. The third kappa shape index (κ3) is 9.49. The molecular weight excluding hydrogens is 424 g/mol. The molecule has 33 heavy (non-hydrogen) atoms. The zero-order valence-corrected chi connectivity index (χ0v) is 21.7. The van der Waals surface area contributed by atoms with Crippen molar-refractivity contribution in [2.24, 2.45) is 33.8 Å². The maximum absolute atomic E-state index is 10.3. The Morgan fingerprint density at radius 1 is 1.15 bits per heavy atom. The predicted molar refractivity (Wildman–Crippen MR) is 131 cm³/mol. The van der Waals surface area contributed by atoms with Gasteiger partial charge in [0.15, 0.2) is 0 Å². The van der Waals surface area contributed by atoms with E-state index in [0.29, 0.717) is 49.6 Å². The zero-order chi connectivity index (χ0) is 24.9. The zero-order valence-electron chi connectivity index (χ0n) is 21.7. The normalized spacial score (nSPS) is 29.7. The largest absolute Gasteiger partial charge is 0.395 e. The van der Waals surface area contributed by atoms with Gasteiger partial charge in [-0.2, -0.15) is 4.91 Å². The van der Waals surface area contributed by atoms with Crippen molar-refractivity contribution in [1.82, 2.24) is 4.90 Å². The van der Waals surface area contributed by atoms with Crippen LogP contribution >= 0.6 is 0 Å². The summed E-state index contributed by atoms with van der Waals surface area (Å²) in [5.74, 6) is 2.21. The molecule has 0 spiro atoms. The van der Waals surface area contributed by atoms with Gasteiger partial charge in [-0.1, -0.05) is 45.7 Å². The van der Waals surface area contributed by atoms with Gasteiger partial charge in [-0.3, -0.25) is 4.90 Å². The van der Waals surface area contributed by atoms with Gasteiger partial charge in [0, 0.05) is 33.4 Å². The molecular formula is C25H50N2O6. The summed E-state index contributed by atoms with van der Waals surface area (Å²) >= 11 is 0. The molecule has 0 aromatic carbocycles. The third-order valence-corrected chi connectivity index (χ3v) is 8.13. The van der Waals surface area contributed by atoms with Crippen molar-refractivity contribution >= 4 is 0 Å². The summed E-state index contributed by atoms with van der Waals surface area (Å²) in [4.78, 5) is 12.2. The van der Waals surface area contributed by atoms with Crippen molar-refractivity contribution in [2.75, 3.05) is 59.9 Å². The van der Waals surface area contributed by atoms with Gasteiger partial charge in [0.1, 0.15) is 6.79 Å². The van der Waals surface area contributed by atoms with Crippen LogP contribution in [0.15, 0.2) is 5.18 Å². The molecule has 0 bridgehead atoms. The summed E-state index contributed by atoms with van der Waals surface area (Å²) in [6.07, 6.45) is 7.13. The van der Waals surface area contributed by atoms with Gasteiger partial charge in [0.25, 0.3) is 0 Å². The van der Waals surface area contributed by atoms with Gasteiger partial charge in [-0.05, 0) is 54.3 Å². The molecule has 0 amide bonds. The maximum atomic E-state index is 10.3. The second-order valence-electron chi connectivity index (χ2n) is 10.9. The van der Waals surface area contributed by atoms with E-state index in [-0.39, 0.29) is 19.9 Å². The molecule has 5 atom stereocenters. The number of methoxy groups -OCH3 is 1. The number of nitrogens with zero attached hydrogens (tertiary/aromatic N) is 2. The molecule has 0 aliphatic heterocycles. The minimum Gasteiger partial charge on any atom is -0.395 e. The average molecular weight is 475 g/mol. The molecule has 0 heterocycles. The number of fused-ring (bicyclic) bond motifs is 1. The second kappa shape index (κ2) is 15.4. The summed E-state index contributed by atoms with van der Waals surface area (Å²) < 4.78 is 9.98. The van der Waals surface area contributed by atoms with Crippen LogP contribution in [0.25, 0.3) is 0 Å². The molecule has 8 nitrogen and oxygen atoms in total. The van der Waals surface area contributed by atoms with Crippen LogP contribution in [0.5, 0.6) is 0 Å². The standard InChI is InChI=1S/C23H44N2O4.C2H6O2/c1-18-6-7-21-22(2,3)9-5-10-23(21,4)20(18)8-15-29-17-19(27)16-25(13-14-26)12-11-24-28;1-4-2-3/h18-21,26-27H,5-17H2,1-4H3;3H,2H2,1H3. The number of aliphatic hydroxyl groups excluding tert-OH is 3. The van der Waals surface area contributed by atoms with Crippen LogP contribution in [0.1, 0.15) is 66.2 Å². The Kier molecular flexibility index (Phi) is 14.2. The van der Waals surface area contributed by atoms with Gasteiger partial charge in [-0.25, -0.2) is 0 Å². The van der Waals surface area contributed by atoms with E-state index in [4.69, 9.17) is 14.9 Å². The Hall–Kier alpha value is -0.640. The van der Waals surface area contributed by atoms with Crippen molar-refractivity contribution in [3.05, 3.63) is 4.91 Å². The van der Waals surface area contributed by atoms with Crippen molar-refractivity contribution in [1.29, 1.82) is 0 Å². The lowest BCUT2D eigenvalue weighted by Gasteiger charge is -2.59. The topological polar surface area (TPSA) is 112 Å². The summed E-state index contributed by atoms with van der Waals surface area (Å²) in [6, 6.07) is 0. The fraction of sp³-hybridized carbons (Fsp3) is 1.00. The van der Waals surface area contributed by atoms with E-state index in [1.165, 1.54) is 39.2 Å². The third-order valence-electron chi connectivity index (χ3n) is 8.13. The fourth-order valence-electron chi connectivity index (χ4n) is 6.62. The van der Waals surface area contributed by atoms with Crippen LogP contribution in [0, 0.1) is 33.5 Å². The monoisotopic (exact) mass is 474 g/mol. The van der Waals surface area contributed by atoms with Crippen LogP contribution in [0.4, 0.5) is 0 Å². The number of ether oxygens (including phenoxy) is 2. The van der Waals surface area contributed by atoms with Gasteiger partial charge in [0.05, 0.1) is 25.9 Å². The molecule has 2 aliphatic rings. The van der Waals surface area contributed by atoms with Crippen molar-refractivity contribution in [3.63, 3.8) is 0 Å². The fourth-order valence-corrected chi connectivity index (χ4v) is 6.62. The molecule has 5 unspecified atom stereocenters. The highest BCUT2D eigenvalue weighted by atomic mass is 16.6. The van der Waals surface area contributed by atoms with Crippen molar-refractivity contribution < 1.29 is 24.8 Å². The number of nitroso groups, excluding NO2 is 1. The van der Waals surface area contributed by atoms with Crippen molar-refractivity contribution in [2.45, 2.75) is 72.3 Å². The van der Waals surface area contributed by atoms with Crippen LogP contribution in [0.3, 0.4) is 0 Å². The summed E-state index contributed by atoms with van der Waals surface area (Å²) in [5, 5.41) is 29.9. The molecule has 2 aliphatic carbocycles. The quantitative estimate of drug-likeness (QED) is 0.213. The van der Waals surface area contributed by atoms with E-state index in [1.54, 1.807) is 0 Å². The average Bonchev–Trinajstić information content (AvgIpc) is 2.76. The van der Waals surface area contributed by atoms with Crippen LogP contribution in [-0.2, 0) is 9.47 Å². The number of hydrogen-bond acceptors (Lipinski definition) is 8. The highest BCUT2D eigenvalue weighted by Gasteiger charge is 2.53. The van der Waals surface area contributed by atoms with E-state index in [2.05, 4.69) is 37.6 Å². The Bertz CT molecular complexity index is 533. The minimum absolute atomic E-state index is 0.00208. The molecule has 0 saturated heterocycles. The Balaban J connectivity index is 0.00000125. The molecule has 0 radical (unpaired) electrons. The Labute approximate surface area is 201 Å². The van der Waals surface area contributed by atoms with E-state index < -0.39 is 6.10 Å². The van der Waals surface area contributed by atoms with Crippen LogP contribution in [0.2, 0.25) is 0 Å². The molecule has 2 saturated carbocycles. The molecule has 0 aromatic rings. The molecule has 3 N–H and O–H groups in total. The molecule has 2 fully saturated rings. The molecule has 196 valence electrons. The van der Waals surface area contributed by atoms with E-state index in [9.17, 15) is 10.0 Å². The first-order chi connectivity index (χ1) is 15.7. The van der Waals surface area contributed by atoms with E-state index >= 15 is 0 Å². The lowest BCUT2D eigenvalue weighted by molar-refractivity contribution is -0.103. The minimum atomic E-state index is -0.617. The molecule has 8 heteroatoms. The Morgan fingerprint density at radius 3 is 2.45 bits per heavy atom. The van der Waals surface area contributed by atoms with Crippen LogP contribution in [-0.4, -0.2) is 86.2 Å². The molecule has 0 aromatic heterocycles. The number of hydrogen-bond donors (Lipinski definition) is 3. The van der Waals surface area contributed by atoms with Gasteiger partial charge < -0.3 is 24.8 Å². The SMILES string of the molecule is CC1CCC2C(C)(C)CCCC2(C)C1CCOCC(O)CN(CCO)CCN=O.COCO. The summed E-state index contributed by atoms with van der Waals surface area (Å²) in [6.45, 7) is 12.1. The number of aliphatic hydroxyl groups is 3. The van der Waals surface area contributed by atoms with Gasteiger partial charge in [0.2, 0.25) is 0 Å². The van der Waals surface area contributed by atoms with Gasteiger partial charge >= 0.3 is 0 Å². The predicted octanol–water partition coefficient (Wildman–Crippen LogP) is 3.28. The first kappa shape index (κ1) is 30.4. The Morgan fingerprint density at radius 2 is 1.85 bits per heavy atom. The van der Waals surface area contributed by atoms with Gasteiger partial charge in [-0.15, -0.1) is 0 Å². The van der Waals surface area contributed by atoms with Crippen molar-refractivity contribution in [3.8, 4) is 0 Å². The molecule has 2 rings (SSSR count). The highest BCUT2D eigenvalue weighted by molar-refractivity contribution is 5.02. The number of rotatable bonds is 13. The van der Waals surface area contributed by atoms with E-state index in [0.717, 1.165) is 18.3 Å². The first-order valence-electron chi connectivity index (χ1n) is 12.6. The second-order valence-corrected chi connectivity index (χ2v) is 10.9.